The van der Waals surface area contributed by atoms with Crippen LogP contribution in [0, 0.1) is 11.6 Å². The number of ether oxygens (including phenoxy) is 1. The van der Waals surface area contributed by atoms with Crippen molar-refractivity contribution in [3.05, 3.63) is 29.3 Å². The molecule has 2 nitrogen and oxygen atoms in total. The third kappa shape index (κ3) is 8.91. The first-order valence-corrected chi connectivity index (χ1v) is 9.60. The van der Waals surface area contributed by atoms with E-state index in [1.165, 1.54) is 4.90 Å². The van der Waals surface area contributed by atoms with Crippen molar-refractivity contribution in [3.8, 4) is 5.75 Å². The zero-order chi connectivity index (χ0) is 21.2. The summed E-state index contributed by atoms with van der Waals surface area (Å²) in [4.78, 5) is 1.31. The predicted molar refractivity (Wildman–Crippen MR) is 99.3 cm³/mol. The summed E-state index contributed by atoms with van der Waals surface area (Å²) in [7, 11) is 0. The maximum absolute atomic E-state index is 13.9. The summed E-state index contributed by atoms with van der Waals surface area (Å²) in [6, 6.07) is 1.95. The quantitative estimate of drug-likeness (QED) is 0.535. The Morgan fingerprint density at radius 3 is 2.00 bits per heavy atom. The van der Waals surface area contributed by atoms with Gasteiger partial charge in [0.15, 0.2) is 0 Å². The van der Waals surface area contributed by atoms with Crippen molar-refractivity contribution < 1.29 is 26.7 Å². The molecule has 7 heteroatoms. The number of nitrogens with zero attached hydrogens (tertiary/aromatic N) is 1. The second kappa shape index (κ2) is 12.2. The highest BCUT2D eigenvalue weighted by atomic mass is 19.4. The van der Waals surface area contributed by atoms with Crippen molar-refractivity contribution >= 4 is 0 Å². The lowest BCUT2D eigenvalue weighted by atomic mass is 10.0. The number of hydrogen-bond donors (Lipinski definition) is 0. The fourth-order valence-electron chi connectivity index (χ4n) is 2.84. The van der Waals surface area contributed by atoms with Crippen LogP contribution in [0.15, 0.2) is 12.1 Å². The highest BCUT2D eigenvalue weighted by molar-refractivity contribution is 5.37. The van der Waals surface area contributed by atoms with Crippen LogP contribution in [0.4, 0.5) is 22.0 Å². The van der Waals surface area contributed by atoms with Crippen LogP contribution in [0.2, 0.25) is 0 Å². The molecular formula is C20H32F5NO. The van der Waals surface area contributed by atoms with E-state index in [0.717, 1.165) is 12.1 Å². The molecule has 0 bridgehead atoms. The average molecular weight is 397 g/mol. The normalized spacial score (nSPS) is 15.6. The summed E-state index contributed by atoms with van der Waals surface area (Å²) in [6.07, 6.45) is -3.76. The molecule has 1 fully saturated rings. The summed E-state index contributed by atoms with van der Waals surface area (Å²) in [5.74, 6) is -1.43. The molecule has 1 aliphatic rings. The van der Waals surface area contributed by atoms with Gasteiger partial charge in [-0.1, -0.05) is 41.5 Å². The van der Waals surface area contributed by atoms with E-state index >= 15 is 0 Å². The van der Waals surface area contributed by atoms with Gasteiger partial charge >= 0.3 is 6.18 Å². The maximum Gasteiger partial charge on any atom is 0.401 e. The molecule has 0 atom stereocenters. The van der Waals surface area contributed by atoms with Crippen molar-refractivity contribution in [2.75, 3.05) is 19.6 Å². The first-order valence-electron chi connectivity index (χ1n) is 9.60. The SMILES string of the molecule is CC.CC.CC(C)c1c(F)cc(F)cc1OC1CCN(CC(F)(F)F)CC1. The summed E-state index contributed by atoms with van der Waals surface area (Å²) < 4.78 is 70.1. The molecule has 0 aliphatic carbocycles. The second-order valence-corrected chi connectivity index (χ2v) is 6.16. The second-order valence-electron chi connectivity index (χ2n) is 6.16. The lowest BCUT2D eigenvalue weighted by Crippen LogP contribution is -2.42. The van der Waals surface area contributed by atoms with E-state index in [1.54, 1.807) is 13.8 Å². The number of alkyl halides is 3. The van der Waals surface area contributed by atoms with Gasteiger partial charge in [0.2, 0.25) is 0 Å². The molecule has 0 unspecified atom stereocenters. The summed E-state index contributed by atoms with van der Waals surface area (Å²) in [5, 5.41) is 0. The Bertz CT molecular complexity index is 538. The van der Waals surface area contributed by atoms with E-state index in [4.69, 9.17) is 4.74 Å². The van der Waals surface area contributed by atoms with E-state index in [-0.39, 0.29) is 30.9 Å². The van der Waals surface area contributed by atoms with Gasteiger partial charge in [-0.05, 0) is 18.8 Å². The standard InChI is InChI=1S/C16H20F5NO.2C2H6/c1-10(2)15-13(18)7-11(17)8-14(15)23-12-3-5-22(6-4-12)9-16(19,20)21;2*1-2/h7-8,10,12H,3-6,9H2,1-2H3;2*1-2H3. The van der Waals surface area contributed by atoms with Crippen LogP contribution in [-0.4, -0.2) is 36.8 Å². The number of rotatable bonds is 4. The molecule has 1 saturated heterocycles. The summed E-state index contributed by atoms with van der Waals surface area (Å²) >= 11 is 0. The molecule has 0 saturated carbocycles. The smallest absolute Gasteiger partial charge is 0.401 e. The maximum atomic E-state index is 13.9. The van der Waals surface area contributed by atoms with Crippen LogP contribution in [0.1, 0.15) is 65.9 Å². The van der Waals surface area contributed by atoms with Gasteiger partial charge in [0, 0.05) is 30.8 Å². The summed E-state index contributed by atoms with van der Waals surface area (Å²) in [6.45, 7) is 11.1. The fourth-order valence-corrected chi connectivity index (χ4v) is 2.84. The van der Waals surface area contributed by atoms with Gasteiger partial charge in [0.1, 0.15) is 23.5 Å². The highest BCUT2D eigenvalue weighted by Gasteiger charge is 2.33. The third-order valence-electron chi connectivity index (χ3n) is 3.86. The van der Waals surface area contributed by atoms with Crippen molar-refractivity contribution in [3.63, 3.8) is 0 Å². The third-order valence-corrected chi connectivity index (χ3v) is 3.86. The number of hydrogen-bond acceptors (Lipinski definition) is 2. The Labute approximate surface area is 159 Å². The zero-order valence-corrected chi connectivity index (χ0v) is 17.1. The number of piperidine rings is 1. The van der Waals surface area contributed by atoms with Crippen LogP contribution in [0.5, 0.6) is 5.75 Å². The molecule has 158 valence electrons. The molecule has 0 N–H and O–H groups in total. The molecule has 27 heavy (non-hydrogen) atoms. The molecule has 0 radical (unpaired) electrons. The van der Waals surface area contributed by atoms with E-state index < -0.39 is 24.4 Å². The first-order chi connectivity index (χ1) is 12.7. The molecule has 1 heterocycles. The van der Waals surface area contributed by atoms with Crippen molar-refractivity contribution in [2.24, 2.45) is 0 Å². The fraction of sp³-hybridized carbons (Fsp3) is 0.700. The van der Waals surface area contributed by atoms with Crippen LogP contribution in [0.25, 0.3) is 0 Å². The lowest BCUT2D eigenvalue weighted by molar-refractivity contribution is -0.149. The van der Waals surface area contributed by atoms with Crippen molar-refractivity contribution in [1.29, 1.82) is 0 Å². The van der Waals surface area contributed by atoms with Gasteiger partial charge < -0.3 is 4.74 Å². The Balaban J connectivity index is 0.00000158. The van der Waals surface area contributed by atoms with Crippen LogP contribution in [0.3, 0.4) is 0 Å². The minimum absolute atomic E-state index is 0.145. The van der Waals surface area contributed by atoms with E-state index in [2.05, 4.69) is 0 Å². The average Bonchev–Trinajstić information content (AvgIpc) is 2.58. The molecule has 1 aromatic carbocycles. The minimum Gasteiger partial charge on any atom is -0.490 e. The van der Waals surface area contributed by atoms with E-state index in [1.807, 2.05) is 27.7 Å². The first kappa shape index (κ1) is 25.6. The largest absolute Gasteiger partial charge is 0.490 e. The molecule has 1 aliphatic heterocycles. The number of benzene rings is 1. The van der Waals surface area contributed by atoms with Crippen molar-refractivity contribution in [2.45, 2.75) is 72.6 Å². The van der Waals surface area contributed by atoms with Crippen LogP contribution < -0.4 is 4.74 Å². The molecule has 0 aromatic heterocycles. The zero-order valence-electron chi connectivity index (χ0n) is 17.1. The Kier molecular flexibility index (Phi) is 11.5. The molecule has 0 spiro atoms. The predicted octanol–water partition coefficient (Wildman–Crippen LogP) is 6.55. The van der Waals surface area contributed by atoms with Crippen LogP contribution >= 0.6 is 0 Å². The van der Waals surface area contributed by atoms with E-state index in [0.29, 0.717) is 18.4 Å². The van der Waals surface area contributed by atoms with Gasteiger partial charge in [0.25, 0.3) is 0 Å². The molecule has 1 aromatic rings. The van der Waals surface area contributed by atoms with Gasteiger partial charge in [-0.15, -0.1) is 0 Å². The highest BCUT2D eigenvalue weighted by Crippen LogP contribution is 2.32. The lowest BCUT2D eigenvalue weighted by Gasteiger charge is -2.33. The monoisotopic (exact) mass is 397 g/mol. The number of halogens is 5. The Morgan fingerprint density at radius 2 is 1.56 bits per heavy atom. The molecular weight excluding hydrogens is 365 g/mol. The van der Waals surface area contributed by atoms with Gasteiger partial charge in [-0.25, -0.2) is 8.78 Å². The van der Waals surface area contributed by atoms with Gasteiger partial charge in [0.05, 0.1) is 6.54 Å². The minimum atomic E-state index is -4.22. The topological polar surface area (TPSA) is 12.5 Å². The van der Waals surface area contributed by atoms with Crippen molar-refractivity contribution in [1.82, 2.24) is 4.90 Å². The van der Waals surface area contributed by atoms with Gasteiger partial charge in [-0.2, -0.15) is 13.2 Å². The van der Waals surface area contributed by atoms with Gasteiger partial charge in [-0.3, -0.25) is 4.90 Å². The Hall–Kier alpha value is -1.37. The number of likely N-dealkylation sites (tertiary alicyclic amines) is 1. The Morgan fingerprint density at radius 1 is 1.04 bits per heavy atom. The van der Waals surface area contributed by atoms with E-state index in [9.17, 15) is 22.0 Å². The van der Waals surface area contributed by atoms with Crippen LogP contribution in [-0.2, 0) is 0 Å². The molecule has 0 amide bonds. The summed E-state index contributed by atoms with van der Waals surface area (Å²) in [5.41, 5.74) is 0.295. The molecule has 2 rings (SSSR count).